The summed E-state index contributed by atoms with van der Waals surface area (Å²) in [6.45, 7) is 2.83. The minimum absolute atomic E-state index is 0.677. The summed E-state index contributed by atoms with van der Waals surface area (Å²) in [6.07, 6.45) is 0. The summed E-state index contributed by atoms with van der Waals surface area (Å²) in [5.74, 6) is 0.677. The Morgan fingerprint density at radius 2 is 1.86 bits per heavy atom. The van der Waals surface area contributed by atoms with E-state index in [4.69, 9.17) is 4.52 Å². The van der Waals surface area contributed by atoms with Gasteiger partial charge >= 0.3 is 0 Å². The lowest BCUT2D eigenvalue weighted by Gasteiger charge is -2.05. The second-order valence-corrected chi connectivity index (χ2v) is 5.78. The average molecular weight is 343 g/mol. The molecular formula is C17H15BrN2O. The Bertz CT molecular complexity index is 735. The van der Waals surface area contributed by atoms with E-state index in [0.29, 0.717) is 5.88 Å². The summed E-state index contributed by atoms with van der Waals surface area (Å²) < 4.78 is 6.39. The van der Waals surface area contributed by atoms with E-state index in [1.807, 2.05) is 42.5 Å². The van der Waals surface area contributed by atoms with Crippen molar-refractivity contribution in [3.63, 3.8) is 0 Å². The van der Waals surface area contributed by atoms with Gasteiger partial charge < -0.3 is 9.84 Å². The molecule has 0 fully saturated rings. The van der Waals surface area contributed by atoms with Crippen LogP contribution in [0, 0.1) is 6.92 Å². The minimum Gasteiger partial charge on any atom is -0.350 e. The number of nitrogens with one attached hydrogen (secondary N) is 1. The maximum Gasteiger partial charge on any atom is 0.225 e. The first-order chi connectivity index (χ1) is 10.2. The standard InChI is InChI=1S/C17H15BrN2O/c1-12-4-2-3-5-14(12)11-19-17-10-16(20-21-17)13-6-8-15(18)9-7-13/h2-10,19H,11H2,1H3. The van der Waals surface area contributed by atoms with Crippen molar-refractivity contribution >= 4 is 21.8 Å². The molecule has 1 N–H and O–H groups in total. The van der Waals surface area contributed by atoms with E-state index >= 15 is 0 Å². The maximum atomic E-state index is 5.34. The summed E-state index contributed by atoms with van der Waals surface area (Å²) >= 11 is 3.42. The highest BCUT2D eigenvalue weighted by Gasteiger charge is 2.06. The van der Waals surface area contributed by atoms with Crippen molar-refractivity contribution in [3.8, 4) is 11.3 Å². The van der Waals surface area contributed by atoms with E-state index < -0.39 is 0 Å². The topological polar surface area (TPSA) is 38.1 Å². The fraction of sp³-hybridized carbons (Fsp3) is 0.118. The van der Waals surface area contributed by atoms with Crippen LogP contribution < -0.4 is 5.32 Å². The third kappa shape index (κ3) is 3.34. The van der Waals surface area contributed by atoms with E-state index in [2.05, 4.69) is 45.5 Å². The number of benzene rings is 2. The molecule has 3 aromatic rings. The molecule has 21 heavy (non-hydrogen) atoms. The monoisotopic (exact) mass is 342 g/mol. The highest BCUT2D eigenvalue weighted by atomic mass is 79.9. The summed E-state index contributed by atoms with van der Waals surface area (Å²) in [7, 11) is 0. The van der Waals surface area contributed by atoms with Crippen LogP contribution in [0.15, 0.2) is 63.6 Å². The predicted molar refractivity (Wildman–Crippen MR) is 88.1 cm³/mol. The van der Waals surface area contributed by atoms with Gasteiger partial charge in [0.1, 0.15) is 5.69 Å². The molecule has 0 amide bonds. The number of hydrogen-bond donors (Lipinski definition) is 1. The van der Waals surface area contributed by atoms with Crippen LogP contribution in [0.5, 0.6) is 0 Å². The molecule has 0 radical (unpaired) electrons. The molecule has 0 spiro atoms. The van der Waals surface area contributed by atoms with Crippen LogP contribution in [-0.2, 0) is 6.54 Å². The van der Waals surface area contributed by atoms with Crippen LogP contribution in [0.2, 0.25) is 0 Å². The largest absolute Gasteiger partial charge is 0.350 e. The van der Waals surface area contributed by atoms with Crippen molar-refractivity contribution in [3.05, 3.63) is 70.2 Å². The van der Waals surface area contributed by atoms with Crippen molar-refractivity contribution in [2.45, 2.75) is 13.5 Å². The Balaban J connectivity index is 1.71. The highest BCUT2D eigenvalue weighted by molar-refractivity contribution is 9.10. The van der Waals surface area contributed by atoms with Crippen LogP contribution in [0.1, 0.15) is 11.1 Å². The lowest BCUT2D eigenvalue weighted by Crippen LogP contribution is -1.99. The summed E-state index contributed by atoms with van der Waals surface area (Å²) in [4.78, 5) is 0. The van der Waals surface area contributed by atoms with Gasteiger partial charge in [-0.15, -0.1) is 0 Å². The molecule has 4 heteroatoms. The van der Waals surface area contributed by atoms with Gasteiger partial charge in [-0.05, 0) is 30.2 Å². The fourth-order valence-electron chi connectivity index (χ4n) is 2.11. The Kier molecular flexibility index (Phi) is 4.06. The molecule has 1 heterocycles. The first-order valence-corrected chi connectivity index (χ1v) is 7.53. The Morgan fingerprint density at radius 3 is 2.62 bits per heavy atom. The van der Waals surface area contributed by atoms with Gasteiger partial charge in [0.2, 0.25) is 5.88 Å². The minimum atomic E-state index is 0.677. The summed E-state index contributed by atoms with van der Waals surface area (Å²) in [5.41, 5.74) is 4.37. The second-order valence-electron chi connectivity index (χ2n) is 4.86. The number of halogens is 1. The SMILES string of the molecule is Cc1ccccc1CNc1cc(-c2ccc(Br)cc2)no1. The van der Waals surface area contributed by atoms with Gasteiger partial charge in [-0.25, -0.2) is 0 Å². The average Bonchev–Trinajstić information content (AvgIpc) is 2.96. The van der Waals surface area contributed by atoms with Crippen molar-refractivity contribution in [1.29, 1.82) is 0 Å². The van der Waals surface area contributed by atoms with Crippen molar-refractivity contribution in [2.24, 2.45) is 0 Å². The molecule has 0 aliphatic carbocycles. The normalized spacial score (nSPS) is 10.6. The second kappa shape index (κ2) is 6.14. The number of hydrogen-bond acceptors (Lipinski definition) is 3. The van der Waals surface area contributed by atoms with E-state index in [0.717, 1.165) is 22.3 Å². The van der Waals surface area contributed by atoms with Gasteiger partial charge in [0.05, 0.1) is 0 Å². The lowest BCUT2D eigenvalue weighted by molar-refractivity contribution is 0.434. The first-order valence-electron chi connectivity index (χ1n) is 6.73. The quantitative estimate of drug-likeness (QED) is 0.722. The predicted octanol–water partition coefficient (Wildman–Crippen LogP) is 5.02. The third-order valence-electron chi connectivity index (χ3n) is 3.36. The van der Waals surface area contributed by atoms with Crippen molar-refractivity contribution < 1.29 is 4.52 Å². The van der Waals surface area contributed by atoms with E-state index in [1.165, 1.54) is 11.1 Å². The molecule has 0 bridgehead atoms. The Labute approximate surface area is 132 Å². The lowest BCUT2D eigenvalue weighted by atomic mass is 10.1. The first kappa shape index (κ1) is 13.9. The van der Waals surface area contributed by atoms with Crippen LogP contribution >= 0.6 is 15.9 Å². The van der Waals surface area contributed by atoms with Crippen LogP contribution in [-0.4, -0.2) is 5.16 Å². The van der Waals surface area contributed by atoms with Crippen molar-refractivity contribution in [1.82, 2.24) is 5.16 Å². The molecular weight excluding hydrogens is 328 g/mol. The zero-order valence-electron chi connectivity index (χ0n) is 11.6. The molecule has 0 saturated carbocycles. The molecule has 0 atom stereocenters. The number of aromatic nitrogens is 1. The molecule has 3 rings (SSSR count). The van der Waals surface area contributed by atoms with Gasteiger partial charge in [-0.3, -0.25) is 0 Å². The van der Waals surface area contributed by atoms with E-state index in [1.54, 1.807) is 0 Å². The number of aryl methyl sites for hydroxylation is 1. The zero-order chi connectivity index (χ0) is 14.7. The Hall–Kier alpha value is -2.07. The van der Waals surface area contributed by atoms with Gasteiger partial charge in [-0.1, -0.05) is 57.5 Å². The molecule has 106 valence electrons. The van der Waals surface area contributed by atoms with E-state index in [-0.39, 0.29) is 0 Å². The third-order valence-corrected chi connectivity index (χ3v) is 3.89. The van der Waals surface area contributed by atoms with Crippen LogP contribution in [0.25, 0.3) is 11.3 Å². The maximum absolute atomic E-state index is 5.34. The smallest absolute Gasteiger partial charge is 0.225 e. The molecule has 1 aromatic heterocycles. The fourth-order valence-corrected chi connectivity index (χ4v) is 2.37. The van der Waals surface area contributed by atoms with Gasteiger partial charge in [0.15, 0.2) is 0 Å². The number of rotatable bonds is 4. The van der Waals surface area contributed by atoms with Crippen LogP contribution in [0.4, 0.5) is 5.88 Å². The Morgan fingerprint density at radius 1 is 1.10 bits per heavy atom. The van der Waals surface area contributed by atoms with Gasteiger partial charge in [0.25, 0.3) is 0 Å². The van der Waals surface area contributed by atoms with Gasteiger partial charge in [-0.2, -0.15) is 0 Å². The molecule has 3 nitrogen and oxygen atoms in total. The number of nitrogens with zero attached hydrogens (tertiary/aromatic N) is 1. The highest BCUT2D eigenvalue weighted by Crippen LogP contribution is 2.23. The molecule has 2 aromatic carbocycles. The zero-order valence-corrected chi connectivity index (χ0v) is 13.2. The van der Waals surface area contributed by atoms with Crippen LogP contribution in [0.3, 0.4) is 0 Å². The molecule has 0 unspecified atom stereocenters. The van der Waals surface area contributed by atoms with Gasteiger partial charge in [0, 0.05) is 22.6 Å². The van der Waals surface area contributed by atoms with E-state index in [9.17, 15) is 0 Å². The molecule has 0 aliphatic rings. The molecule has 0 aliphatic heterocycles. The molecule has 0 saturated heterocycles. The number of anilines is 1. The summed E-state index contributed by atoms with van der Waals surface area (Å²) in [5, 5.41) is 7.36. The summed E-state index contributed by atoms with van der Waals surface area (Å²) in [6, 6.07) is 18.2. The van der Waals surface area contributed by atoms with Crippen molar-refractivity contribution in [2.75, 3.05) is 5.32 Å².